The topological polar surface area (TPSA) is 9.23 Å². The molecule has 18 heavy (non-hydrogen) atoms. The first kappa shape index (κ1) is 13.1. The molecular formula is C15H18OSSi. The van der Waals surface area contributed by atoms with Crippen LogP contribution in [0.3, 0.4) is 0 Å². The van der Waals surface area contributed by atoms with E-state index in [1.54, 1.807) is 11.3 Å². The molecule has 0 amide bonds. The smallest absolute Gasteiger partial charge is 0.242 e. The third kappa shape index (κ3) is 3.86. The lowest BCUT2D eigenvalue weighted by Crippen LogP contribution is -2.24. The maximum absolute atomic E-state index is 6.20. The van der Waals surface area contributed by atoms with E-state index in [0.717, 1.165) is 5.76 Å². The molecule has 0 spiro atoms. The van der Waals surface area contributed by atoms with E-state index in [-0.39, 0.29) is 0 Å². The number of hydrogen-bond donors (Lipinski definition) is 0. The van der Waals surface area contributed by atoms with Crippen LogP contribution in [0.5, 0.6) is 0 Å². The molecule has 0 aliphatic rings. The molecule has 0 unspecified atom stereocenters. The van der Waals surface area contributed by atoms with Gasteiger partial charge in [0, 0.05) is 0 Å². The van der Waals surface area contributed by atoms with Crippen LogP contribution in [-0.4, -0.2) is 8.32 Å². The second kappa shape index (κ2) is 5.55. The van der Waals surface area contributed by atoms with Gasteiger partial charge in [0.15, 0.2) is 0 Å². The van der Waals surface area contributed by atoms with E-state index in [9.17, 15) is 0 Å². The lowest BCUT2D eigenvalue weighted by Gasteiger charge is -2.21. The molecule has 1 nitrogen and oxygen atoms in total. The summed E-state index contributed by atoms with van der Waals surface area (Å²) in [7, 11) is -1.59. The van der Waals surface area contributed by atoms with Crippen molar-refractivity contribution >= 4 is 31.5 Å². The van der Waals surface area contributed by atoms with Gasteiger partial charge in [-0.1, -0.05) is 36.4 Å². The van der Waals surface area contributed by atoms with E-state index in [1.165, 1.54) is 10.4 Å². The molecule has 0 aliphatic carbocycles. The van der Waals surface area contributed by atoms with E-state index >= 15 is 0 Å². The van der Waals surface area contributed by atoms with Gasteiger partial charge in [-0.2, -0.15) is 0 Å². The monoisotopic (exact) mass is 274 g/mol. The largest absolute Gasteiger partial charge is 0.543 e. The molecule has 0 saturated heterocycles. The molecule has 2 aromatic rings. The van der Waals surface area contributed by atoms with Gasteiger partial charge in [0.1, 0.15) is 5.76 Å². The summed E-state index contributed by atoms with van der Waals surface area (Å²) < 4.78 is 6.20. The van der Waals surface area contributed by atoms with Crippen molar-refractivity contribution in [1.82, 2.24) is 0 Å². The molecule has 94 valence electrons. The Morgan fingerprint density at radius 3 is 2.33 bits per heavy atom. The van der Waals surface area contributed by atoms with Gasteiger partial charge in [-0.3, -0.25) is 0 Å². The van der Waals surface area contributed by atoms with Crippen molar-refractivity contribution in [2.75, 3.05) is 0 Å². The Labute approximate surface area is 114 Å². The van der Waals surface area contributed by atoms with Crippen LogP contribution in [0.1, 0.15) is 10.4 Å². The van der Waals surface area contributed by atoms with Crippen LogP contribution < -0.4 is 0 Å². The van der Waals surface area contributed by atoms with Gasteiger partial charge in [0.05, 0.1) is 4.88 Å². The number of thiophene rings is 1. The van der Waals surface area contributed by atoms with Gasteiger partial charge >= 0.3 is 0 Å². The number of hydrogen-bond acceptors (Lipinski definition) is 2. The van der Waals surface area contributed by atoms with E-state index in [4.69, 9.17) is 4.43 Å². The summed E-state index contributed by atoms with van der Waals surface area (Å²) in [5, 5.41) is 2.09. The molecule has 1 heterocycles. The molecule has 0 N–H and O–H groups in total. The molecule has 3 heteroatoms. The summed E-state index contributed by atoms with van der Waals surface area (Å²) in [6.45, 7) is 6.62. The van der Waals surface area contributed by atoms with Crippen LogP contribution >= 0.6 is 11.3 Å². The fourth-order valence-electron chi connectivity index (χ4n) is 1.60. The molecule has 0 radical (unpaired) electrons. The fourth-order valence-corrected chi connectivity index (χ4v) is 3.18. The van der Waals surface area contributed by atoms with Crippen LogP contribution in [0.15, 0.2) is 47.8 Å². The van der Waals surface area contributed by atoms with E-state index < -0.39 is 8.32 Å². The van der Waals surface area contributed by atoms with E-state index in [0.29, 0.717) is 0 Å². The van der Waals surface area contributed by atoms with Crippen molar-refractivity contribution in [3.63, 3.8) is 0 Å². The van der Waals surface area contributed by atoms with Crippen LogP contribution in [0.2, 0.25) is 19.6 Å². The van der Waals surface area contributed by atoms with Gasteiger partial charge in [-0.25, -0.2) is 0 Å². The fraction of sp³-hybridized carbons (Fsp3) is 0.200. The Bertz CT molecular complexity index is 509. The average molecular weight is 274 g/mol. The quantitative estimate of drug-likeness (QED) is 0.557. The molecule has 0 saturated carbocycles. The van der Waals surface area contributed by atoms with Crippen molar-refractivity contribution in [3.05, 3.63) is 58.3 Å². The summed E-state index contributed by atoms with van der Waals surface area (Å²) >= 11 is 1.72. The van der Waals surface area contributed by atoms with Gasteiger partial charge in [-0.05, 0) is 42.7 Å². The minimum atomic E-state index is -1.59. The molecule has 1 aromatic carbocycles. The standard InChI is InChI=1S/C15H18OSSi/c1-18(2,3)16-14(15-10-7-11-17-15)12-13-8-5-4-6-9-13/h4-12H,1-3H3/b14-12-. The van der Waals surface area contributed by atoms with Crippen LogP contribution in [0, 0.1) is 0 Å². The van der Waals surface area contributed by atoms with Gasteiger partial charge in [0.25, 0.3) is 0 Å². The molecule has 0 aliphatic heterocycles. The molecular weight excluding hydrogens is 256 g/mol. The third-order valence-electron chi connectivity index (χ3n) is 2.28. The van der Waals surface area contributed by atoms with Crippen LogP contribution in [0.25, 0.3) is 11.8 Å². The zero-order chi connectivity index (χ0) is 13.0. The summed E-state index contributed by atoms with van der Waals surface area (Å²) in [6, 6.07) is 14.5. The average Bonchev–Trinajstić information content (AvgIpc) is 2.81. The lowest BCUT2D eigenvalue weighted by atomic mass is 10.2. The second-order valence-electron chi connectivity index (χ2n) is 5.11. The second-order valence-corrected chi connectivity index (χ2v) is 10.5. The van der Waals surface area contributed by atoms with E-state index in [2.05, 4.69) is 55.4 Å². The number of benzene rings is 1. The van der Waals surface area contributed by atoms with Gasteiger partial charge in [0.2, 0.25) is 8.32 Å². The minimum absolute atomic E-state index is 0.996. The Morgan fingerprint density at radius 1 is 1.06 bits per heavy atom. The highest BCUT2D eigenvalue weighted by atomic mass is 32.1. The first-order valence-corrected chi connectivity index (χ1v) is 10.3. The summed E-state index contributed by atoms with van der Waals surface area (Å²) in [4.78, 5) is 1.20. The maximum Gasteiger partial charge on any atom is 0.242 e. The van der Waals surface area contributed by atoms with Crippen molar-refractivity contribution in [2.45, 2.75) is 19.6 Å². The molecule has 0 fully saturated rings. The van der Waals surface area contributed by atoms with Crippen LogP contribution in [0.4, 0.5) is 0 Å². The zero-order valence-electron chi connectivity index (χ0n) is 11.0. The minimum Gasteiger partial charge on any atom is -0.543 e. The highest BCUT2D eigenvalue weighted by molar-refractivity contribution is 7.11. The molecule has 2 rings (SSSR count). The normalized spacial score (nSPS) is 12.5. The summed E-state index contributed by atoms with van der Waals surface area (Å²) in [5.41, 5.74) is 1.18. The predicted molar refractivity (Wildman–Crippen MR) is 83.1 cm³/mol. The Hall–Kier alpha value is -1.32. The van der Waals surface area contributed by atoms with Gasteiger partial charge < -0.3 is 4.43 Å². The van der Waals surface area contributed by atoms with Crippen molar-refractivity contribution in [3.8, 4) is 0 Å². The van der Waals surface area contributed by atoms with Gasteiger partial charge in [-0.15, -0.1) is 11.3 Å². The summed E-state index contributed by atoms with van der Waals surface area (Å²) in [6.07, 6.45) is 2.13. The van der Waals surface area contributed by atoms with E-state index in [1.807, 2.05) is 18.2 Å². The first-order chi connectivity index (χ1) is 8.54. The molecule has 0 bridgehead atoms. The highest BCUT2D eigenvalue weighted by Crippen LogP contribution is 2.27. The zero-order valence-corrected chi connectivity index (χ0v) is 12.8. The van der Waals surface area contributed by atoms with Crippen molar-refractivity contribution in [1.29, 1.82) is 0 Å². The molecule has 1 aromatic heterocycles. The predicted octanol–water partition coefficient (Wildman–Crippen LogP) is 5.10. The number of rotatable bonds is 4. The highest BCUT2D eigenvalue weighted by Gasteiger charge is 2.19. The third-order valence-corrected chi connectivity index (χ3v) is 3.99. The van der Waals surface area contributed by atoms with Crippen LogP contribution in [-0.2, 0) is 4.43 Å². The Kier molecular flexibility index (Phi) is 4.04. The lowest BCUT2D eigenvalue weighted by molar-refractivity contribution is 0.520. The molecule has 0 atom stereocenters. The Balaban J connectivity index is 2.34. The first-order valence-electron chi connectivity index (χ1n) is 6.04. The summed E-state index contributed by atoms with van der Waals surface area (Å²) in [5.74, 6) is 0.996. The van der Waals surface area contributed by atoms with Crippen molar-refractivity contribution < 1.29 is 4.43 Å². The SMILES string of the molecule is C[Si](C)(C)O/C(=C\c1ccccc1)c1cccs1. The van der Waals surface area contributed by atoms with Crippen molar-refractivity contribution in [2.24, 2.45) is 0 Å². The Morgan fingerprint density at radius 2 is 1.78 bits per heavy atom. The maximum atomic E-state index is 6.20.